The molecular formula is C15H20N2O3. The maximum atomic E-state index is 12.3. The van der Waals surface area contributed by atoms with Gasteiger partial charge in [-0.05, 0) is 32.9 Å². The van der Waals surface area contributed by atoms with Crippen molar-refractivity contribution < 1.29 is 14.3 Å². The Morgan fingerprint density at radius 3 is 2.60 bits per heavy atom. The molecule has 0 fully saturated rings. The zero-order chi connectivity index (χ0) is 14.9. The van der Waals surface area contributed by atoms with Gasteiger partial charge in [0.05, 0.1) is 11.4 Å². The number of likely N-dealkylation sites (N-methyl/N-ethyl adjacent to an activating group) is 1. The predicted octanol–water partition coefficient (Wildman–Crippen LogP) is 2.69. The normalized spacial score (nSPS) is 14.8. The molecule has 0 spiro atoms. The number of nitrogens with zero attached hydrogens (tertiary/aromatic N) is 2. The van der Waals surface area contributed by atoms with Crippen molar-refractivity contribution in [1.29, 1.82) is 0 Å². The molecule has 1 amide bonds. The van der Waals surface area contributed by atoms with Crippen LogP contribution in [0, 0.1) is 0 Å². The lowest BCUT2D eigenvalue weighted by Crippen LogP contribution is -2.45. The average molecular weight is 276 g/mol. The maximum Gasteiger partial charge on any atom is 0.414 e. The predicted molar refractivity (Wildman–Crippen MR) is 78.7 cm³/mol. The van der Waals surface area contributed by atoms with E-state index in [1.54, 1.807) is 17.0 Å². The van der Waals surface area contributed by atoms with Gasteiger partial charge in [0.25, 0.3) is 0 Å². The van der Waals surface area contributed by atoms with Gasteiger partial charge in [-0.2, -0.15) is 0 Å². The van der Waals surface area contributed by atoms with E-state index in [1.807, 2.05) is 38.8 Å². The summed E-state index contributed by atoms with van der Waals surface area (Å²) >= 11 is 0. The van der Waals surface area contributed by atoms with Gasteiger partial charge in [0, 0.05) is 25.7 Å². The largest absolute Gasteiger partial charge is 0.443 e. The van der Waals surface area contributed by atoms with Crippen LogP contribution in [-0.2, 0) is 4.74 Å². The third kappa shape index (κ3) is 2.76. The third-order valence-corrected chi connectivity index (χ3v) is 3.12. The number of rotatable bonds is 1. The molecule has 0 aromatic heterocycles. The van der Waals surface area contributed by atoms with Crippen LogP contribution in [0.25, 0.3) is 0 Å². The van der Waals surface area contributed by atoms with Crippen LogP contribution in [0.4, 0.5) is 16.2 Å². The van der Waals surface area contributed by atoms with E-state index in [2.05, 4.69) is 0 Å². The van der Waals surface area contributed by atoms with Crippen molar-refractivity contribution in [2.24, 2.45) is 0 Å². The van der Waals surface area contributed by atoms with Crippen molar-refractivity contribution in [3.63, 3.8) is 0 Å². The topological polar surface area (TPSA) is 49.9 Å². The molecule has 0 unspecified atom stereocenters. The van der Waals surface area contributed by atoms with E-state index < -0.39 is 5.60 Å². The number of hydrogen-bond acceptors (Lipinski definition) is 4. The fourth-order valence-electron chi connectivity index (χ4n) is 2.27. The van der Waals surface area contributed by atoms with Gasteiger partial charge in [0.15, 0.2) is 6.29 Å². The van der Waals surface area contributed by atoms with Crippen molar-refractivity contribution >= 4 is 23.8 Å². The molecule has 1 aromatic carbocycles. The van der Waals surface area contributed by atoms with E-state index in [9.17, 15) is 9.59 Å². The van der Waals surface area contributed by atoms with E-state index in [4.69, 9.17) is 4.74 Å². The molecule has 2 rings (SSSR count). The molecule has 0 saturated carbocycles. The number of ether oxygens (including phenoxy) is 1. The Bertz CT molecular complexity index is 534. The number of hydrogen-bond donors (Lipinski definition) is 0. The Kier molecular flexibility index (Phi) is 3.70. The molecule has 0 aliphatic carbocycles. The summed E-state index contributed by atoms with van der Waals surface area (Å²) < 4.78 is 5.42. The molecule has 0 N–H and O–H groups in total. The molecule has 1 aliphatic heterocycles. The average Bonchev–Trinajstić information content (AvgIpc) is 2.36. The van der Waals surface area contributed by atoms with Crippen molar-refractivity contribution in [1.82, 2.24) is 0 Å². The number of anilines is 2. The van der Waals surface area contributed by atoms with E-state index in [0.717, 1.165) is 17.7 Å². The lowest BCUT2D eigenvalue weighted by molar-refractivity contribution is 0.0580. The molecule has 5 nitrogen and oxygen atoms in total. The number of para-hydroxylation sites is 1. The van der Waals surface area contributed by atoms with Crippen LogP contribution in [0.5, 0.6) is 0 Å². The van der Waals surface area contributed by atoms with E-state index in [-0.39, 0.29) is 6.09 Å². The first-order valence-corrected chi connectivity index (χ1v) is 6.63. The minimum atomic E-state index is -0.539. The van der Waals surface area contributed by atoms with Gasteiger partial charge in [-0.1, -0.05) is 6.07 Å². The second-order valence-electron chi connectivity index (χ2n) is 5.89. The SMILES string of the molecule is CN1CCN(C(=O)OC(C)(C)C)c2cccc(C=O)c21. The standard InChI is InChI=1S/C15H20N2O3/c1-15(2,3)20-14(19)17-9-8-16(4)13-11(10-18)6-5-7-12(13)17/h5-7,10H,8-9H2,1-4H3. The van der Waals surface area contributed by atoms with E-state index in [1.165, 1.54) is 0 Å². The minimum absolute atomic E-state index is 0.380. The number of benzene rings is 1. The van der Waals surface area contributed by atoms with Crippen molar-refractivity contribution in [2.45, 2.75) is 26.4 Å². The van der Waals surface area contributed by atoms with Crippen LogP contribution in [0.3, 0.4) is 0 Å². The van der Waals surface area contributed by atoms with Gasteiger partial charge in [-0.15, -0.1) is 0 Å². The summed E-state index contributed by atoms with van der Waals surface area (Å²) in [7, 11) is 1.91. The molecule has 0 radical (unpaired) electrons. The second-order valence-corrected chi connectivity index (χ2v) is 5.89. The molecule has 0 atom stereocenters. The van der Waals surface area contributed by atoms with E-state index >= 15 is 0 Å². The zero-order valence-corrected chi connectivity index (χ0v) is 12.3. The van der Waals surface area contributed by atoms with Crippen LogP contribution in [0.15, 0.2) is 18.2 Å². The van der Waals surface area contributed by atoms with Gasteiger partial charge in [-0.3, -0.25) is 9.69 Å². The first-order chi connectivity index (χ1) is 9.33. The van der Waals surface area contributed by atoms with Gasteiger partial charge in [0.1, 0.15) is 5.60 Å². The second kappa shape index (κ2) is 5.15. The van der Waals surface area contributed by atoms with Gasteiger partial charge in [-0.25, -0.2) is 4.79 Å². The lowest BCUT2D eigenvalue weighted by Gasteiger charge is -2.37. The minimum Gasteiger partial charge on any atom is -0.443 e. The number of fused-ring (bicyclic) bond motifs is 1. The first kappa shape index (κ1) is 14.4. The van der Waals surface area contributed by atoms with Crippen molar-refractivity contribution in [2.75, 3.05) is 29.9 Å². The molecule has 0 bridgehead atoms. The molecule has 0 saturated heterocycles. The van der Waals surface area contributed by atoms with Crippen LogP contribution in [0.2, 0.25) is 0 Å². The summed E-state index contributed by atoms with van der Waals surface area (Å²) in [6, 6.07) is 5.36. The van der Waals surface area contributed by atoms with Crippen molar-refractivity contribution in [3.8, 4) is 0 Å². The van der Waals surface area contributed by atoms with Gasteiger partial charge in [0.2, 0.25) is 0 Å². The summed E-state index contributed by atoms with van der Waals surface area (Å²) in [6.45, 7) is 6.72. The highest BCUT2D eigenvalue weighted by Gasteiger charge is 2.30. The molecular weight excluding hydrogens is 256 g/mol. The Morgan fingerprint density at radius 1 is 1.30 bits per heavy atom. The fraction of sp³-hybridized carbons (Fsp3) is 0.467. The molecule has 108 valence electrons. The fourth-order valence-corrected chi connectivity index (χ4v) is 2.27. The van der Waals surface area contributed by atoms with Gasteiger partial charge < -0.3 is 9.64 Å². The highest BCUT2D eigenvalue weighted by Crippen LogP contribution is 2.35. The molecule has 1 aliphatic rings. The van der Waals surface area contributed by atoms with Gasteiger partial charge >= 0.3 is 6.09 Å². The molecule has 1 aromatic rings. The quantitative estimate of drug-likeness (QED) is 0.740. The Hall–Kier alpha value is -2.04. The number of carbonyl (C=O) groups excluding carboxylic acids is 2. The number of amides is 1. The summed E-state index contributed by atoms with van der Waals surface area (Å²) in [4.78, 5) is 27.0. The summed E-state index contributed by atoms with van der Waals surface area (Å²) in [6.07, 6.45) is 0.434. The van der Waals surface area contributed by atoms with E-state index in [0.29, 0.717) is 18.7 Å². The van der Waals surface area contributed by atoms with Crippen molar-refractivity contribution in [3.05, 3.63) is 23.8 Å². The zero-order valence-electron chi connectivity index (χ0n) is 12.3. The third-order valence-electron chi connectivity index (χ3n) is 3.12. The monoisotopic (exact) mass is 276 g/mol. The van der Waals surface area contributed by atoms with Crippen LogP contribution >= 0.6 is 0 Å². The Labute approximate surface area is 119 Å². The van der Waals surface area contributed by atoms with Crippen LogP contribution in [0.1, 0.15) is 31.1 Å². The summed E-state index contributed by atoms with van der Waals surface area (Å²) in [5.74, 6) is 0. The lowest BCUT2D eigenvalue weighted by atomic mass is 10.1. The Morgan fingerprint density at radius 2 is 2.00 bits per heavy atom. The summed E-state index contributed by atoms with van der Waals surface area (Å²) in [5, 5.41) is 0. The number of aldehydes is 1. The van der Waals surface area contributed by atoms with Crippen LogP contribution < -0.4 is 9.80 Å². The maximum absolute atomic E-state index is 12.3. The Balaban J connectivity index is 2.39. The van der Waals surface area contributed by atoms with Crippen LogP contribution in [-0.4, -0.2) is 38.1 Å². The first-order valence-electron chi connectivity index (χ1n) is 6.63. The molecule has 20 heavy (non-hydrogen) atoms. The smallest absolute Gasteiger partial charge is 0.414 e. The number of carbonyl (C=O) groups is 2. The molecule has 5 heteroatoms. The summed E-state index contributed by atoms with van der Waals surface area (Å²) in [5.41, 5.74) is 1.54. The highest BCUT2D eigenvalue weighted by atomic mass is 16.6. The molecule has 1 heterocycles. The highest BCUT2D eigenvalue weighted by molar-refractivity contribution is 5.99.